The van der Waals surface area contributed by atoms with Gasteiger partial charge in [0, 0.05) is 30.6 Å². The summed E-state index contributed by atoms with van der Waals surface area (Å²) in [5, 5.41) is 3.12. The zero-order valence-corrected chi connectivity index (χ0v) is 29.9. The summed E-state index contributed by atoms with van der Waals surface area (Å²) in [5.74, 6) is -0.600. The molecule has 1 fully saturated rings. The van der Waals surface area contributed by atoms with Crippen molar-refractivity contribution in [1.29, 1.82) is 0 Å². The molecule has 12 heteroatoms. The van der Waals surface area contributed by atoms with Gasteiger partial charge in [-0.05, 0) is 67.8 Å². The summed E-state index contributed by atoms with van der Waals surface area (Å²) in [5.41, 5.74) is 1.16. The van der Waals surface area contributed by atoms with Crippen LogP contribution in [0.5, 0.6) is 17.2 Å². The summed E-state index contributed by atoms with van der Waals surface area (Å²) < 4.78 is 61.5. The Kier molecular flexibility index (Phi) is 12.5. The minimum Gasteiger partial charge on any atom is -0.494 e. The van der Waals surface area contributed by atoms with Gasteiger partial charge in [0.25, 0.3) is 10.0 Å². The average molecular weight is 718 g/mol. The first-order valence-corrected chi connectivity index (χ1v) is 18.4. The van der Waals surface area contributed by atoms with Crippen LogP contribution >= 0.6 is 0 Å². The minimum absolute atomic E-state index is 0.0491. The van der Waals surface area contributed by atoms with Gasteiger partial charge in [0.2, 0.25) is 11.8 Å². The number of sulfonamides is 1. The highest BCUT2D eigenvalue weighted by molar-refractivity contribution is 7.92. The maximum atomic E-state index is 15.2. The number of rotatable bonds is 16. The standard InChI is InChI=1S/C39H44FN3O7S/c1-4-50-32-20-18-31(19-21-32)43(51(46,47)33-22-23-36(48-2)37(25-33)49-3)27-38(44)42(26-29-14-8-11-17-34(29)40)35(24-28-12-6-5-7-13-28)39(45)41-30-15-9-10-16-30/h5-8,11-14,17-23,25,30,35H,4,9-10,15-16,24,26-27H2,1-3H3,(H,41,45). The molecule has 4 aromatic rings. The maximum absolute atomic E-state index is 15.2. The molecule has 51 heavy (non-hydrogen) atoms. The lowest BCUT2D eigenvalue weighted by Gasteiger charge is -2.34. The second kappa shape index (κ2) is 17.2. The maximum Gasteiger partial charge on any atom is 0.264 e. The first-order valence-electron chi connectivity index (χ1n) is 17.0. The summed E-state index contributed by atoms with van der Waals surface area (Å²) >= 11 is 0. The Morgan fingerprint density at radius 3 is 2.20 bits per heavy atom. The van der Waals surface area contributed by atoms with Crippen molar-refractivity contribution in [1.82, 2.24) is 10.2 Å². The third-order valence-electron chi connectivity index (χ3n) is 8.93. The van der Waals surface area contributed by atoms with Gasteiger partial charge in [0.1, 0.15) is 24.2 Å². The predicted molar refractivity (Wildman–Crippen MR) is 193 cm³/mol. The third-order valence-corrected chi connectivity index (χ3v) is 10.7. The first kappa shape index (κ1) is 37.2. The third kappa shape index (κ3) is 9.18. The van der Waals surface area contributed by atoms with Crippen LogP contribution in [-0.4, -0.2) is 64.6 Å². The molecule has 0 aromatic heterocycles. The van der Waals surface area contributed by atoms with Gasteiger partial charge in [-0.2, -0.15) is 0 Å². The van der Waals surface area contributed by atoms with Gasteiger partial charge in [0.05, 0.1) is 31.4 Å². The van der Waals surface area contributed by atoms with E-state index in [4.69, 9.17) is 14.2 Å². The molecule has 270 valence electrons. The Bertz CT molecular complexity index is 1880. The van der Waals surface area contributed by atoms with E-state index in [-0.39, 0.29) is 46.8 Å². The molecule has 5 rings (SSSR count). The van der Waals surface area contributed by atoms with Crippen LogP contribution in [0.1, 0.15) is 43.7 Å². The Hall–Kier alpha value is -5.10. The smallest absolute Gasteiger partial charge is 0.264 e. The molecule has 10 nitrogen and oxygen atoms in total. The molecule has 1 atom stereocenters. The SMILES string of the molecule is CCOc1ccc(N(CC(=O)N(Cc2ccccc2F)C(Cc2ccccc2)C(=O)NC2CCCC2)S(=O)(=O)c2ccc(OC)c(OC)c2)cc1. The van der Waals surface area contributed by atoms with Gasteiger partial charge in [0.15, 0.2) is 11.5 Å². The molecule has 0 bridgehead atoms. The molecule has 0 aliphatic heterocycles. The first-order chi connectivity index (χ1) is 24.6. The molecule has 0 heterocycles. The van der Waals surface area contributed by atoms with Gasteiger partial charge >= 0.3 is 0 Å². The number of anilines is 1. The van der Waals surface area contributed by atoms with Gasteiger partial charge in [-0.25, -0.2) is 12.8 Å². The molecule has 1 unspecified atom stereocenters. The highest BCUT2D eigenvalue weighted by atomic mass is 32.2. The number of carbonyl (C=O) groups is 2. The number of nitrogens with one attached hydrogen (secondary N) is 1. The number of carbonyl (C=O) groups excluding carboxylic acids is 2. The molecular weight excluding hydrogens is 674 g/mol. The minimum atomic E-state index is -4.44. The van der Waals surface area contributed by atoms with E-state index in [9.17, 15) is 18.0 Å². The van der Waals surface area contributed by atoms with E-state index in [2.05, 4.69) is 5.32 Å². The lowest BCUT2D eigenvalue weighted by atomic mass is 10.0. The number of amides is 2. The number of benzene rings is 4. The topological polar surface area (TPSA) is 114 Å². The lowest BCUT2D eigenvalue weighted by molar-refractivity contribution is -0.140. The van der Waals surface area contributed by atoms with Crippen LogP contribution in [0.2, 0.25) is 0 Å². The normalized spacial score (nSPS) is 13.6. The van der Waals surface area contributed by atoms with Crippen molar-refractivity contribution in [3.05, 3.63) is 114 Å². The van der Waals surface area contributed by atoms with Crippen molar-refractivity contribution in [3.8, 4) is 17.2 Å². The second-order valence-electron chi connectivity index (χ2n) is 12.3. The molecule has 0 saturated heterocycles. The molecule has 0 radical (unpaired) electrons. The Labute approximate surface area is 299 Å². The summed E-state index contributed by atoms with van der Waals surface area (Å²) in [6.07, 6.45) is 3.74. The quantitative estimate of drug-likeness (QED) is 0.148. The van der Waals surface area contributed by atoms with Crippen molar-refractivity contribution in [3.63, 3.8) is 0 Å². The zero-order valence-electron chi connectivity index (χ0n) is 29.1. The summed E-state index contributed by atoms with van der Waals surface area (Å²) in [6, 6.07) is 24.6. The van der Waals surface area contributed by atoms with Gasteiger partial charge in [-0.1, -0.05) is 61.4 Å². The number of methoxy groups -OCH3 is 2. The zero-order chi connectivity index (χ0) is 36.4. The molecule has 2 amide bonds. The second-order valence-corrected chi connectivity index (χ2v) is 14.1. The van der Waals surface area contributed by atoms with E-state index < -0.39 is 34.3 Å². The molecule has 1 aliphatic carbocycles. The van der Waals surface area contributed by atoms with Gasteiger partial charge in [-0.3, -0.25) is 13.9 Å². The Balaban J connectivity index is 1.59. The molecule has 1 saturated carbocycles. The fraction of sp³-hybridized carbons (Fsp3) is 0.333. The summed E-state index contributed by atoms with van der Waals surface area (Å²) in [6.45, 7) is 1.28. The molecular formula is C39H44FN3O7S. The van der Waals surface area contributed by atoms with E-state index in [0.29, 0.717) is 18.1 Å². The average Bonchev–Trinajstić information content (AvgIpc) is 3.66. The van der Waals surface area contributed by atoms with Gasteiger partial charge < -0.3 is 24.4 Å². The van der Waals surface area contributed by atoms with Crippen LogP contribution in [0.15, 0.2) is 102 Å². The van der Waals surface area contributed by atoms with E-state index in [1.54, 1.807) is 42.5 Å². The van der Waals surface area contributed by atoms with E-state index >= 15 is 4.39 Å². The Morgan fingerprint density at radius 2 is 1.55 bits per heavy atom. The number of nitrogens with zero attached hydrogens (tertiary/aromatic N) is 2. The van der Waals surface area contributed by atoms with Gasteiger partial charge in [-0.15, -0.1) is 0 Å². The molecule has 1 N–H and O–H groups in total. The number of hydrogen-bond donors (Lipinski definition) is 1. The highest BCUT2D eigenvalue weighted by Gasteiger charge is 2.36. The van der Waals surface area contributed by atoms with Crippen LogP contribution in [0.3, 0.4) is 0 Å². The van der Waals surface area contributed by atoms with Crippen molar-refractivity contribution < 1.29 is 36.6 Å². The fourth-order valence-electron chi connectivity index (χ4n) is 6.24. The van der Waals surface area contributed by atoms with E-state index in [1.807, 2.05) is 37.3 Å². The number of ether oxygens (including phenoxy) is 3. The Morgan fingerprint density at radius 1 is 0.882 bits per heavy atom. The van der Waals surface area contributed by atoms with Crippen LogP contribution in [0.4, 0.5) is 10.1 Å². The van der Waals surface area contributed by atoms with Crippen molar-refractivity contribution in [2.45, 2.75) is 62.6 Å². The van der Waals surface area contributed by atoms with Crippen molar-refractivity contribution in [2.75, 3.05) is 31.7 Å². The molecule has 4 aromatic carbocycles. The van der Waals surface area contributed by atoms with Crippen molar-refractivity contribution in [2.24, 2.45) is 0 Å². The number of hydrogen-bond acceptors (Lipinski definition) is 7. The van der Waals surface area contributed by atoms with Crippen LogP contribution in [0.25, 0.3) is 0 Å². The van der Waals surface area contributed by atoms with Crippen LogP contribution in [-0.2, 0) is 32.6 Å². The predicted octanol–water partition coefficient (Wildman–Crippen LogP) is 6.14. The summed E-state index contributed by atoms with van der Waals surface area (Å²) in [4.78, 5) is 30.0. The summed E-state index contributed by atoms with van der Waals surface area (Å²) in [7, 11) is -1.60. The fourth-order valence-corrected chi connectivity index (χ4v) is 7.67. The lowest BCUT2D eigenvalue weighted by Crippen LogP contribution is -2.54. The van der Waals surface area contributed by atoms with Crippen LogP contribution < -0.4 is 23.8 Å². The molecule has 0 spiro atoms. The number of halogens is 1. The largest absolute Gasteiger partial charge is 0.494 e. The van der Waals surface area contributed by atoms with Crippen molar-refractivity contribution >= 4 is 27.5 Å². The van der Waals surface area contributed by atoms with E-state index in [0.717, 1.165) is 35.6 Å². The monoisotopic (exact) mass is 717 g/mol. The van der Waals surface area contributed by atoms with E-state index in [1.165, 1.54) is 43.4 Å². The van der Waals surface area contributed by atoms with Crippen LogP contribution in [0, 0.1) is 5.82 Å². The molecule has 1 aliphatic rings. The highest BCUT2D eigenvalue weighted by Crippen LogP contribution is 2.33.